The Labute approximate surface area is 116 Å². The Morgan fingerprint density at radius 3 is 2.32 bits per heavy atom. The molecular formula is C14H14ClN3O. The highest BCUT2D eigenvalue weighted by Gasteiger charge is 2.11. The maximum atomic E-state index is 11.1. The molecule has 4 nitrogen and oxygen atoms in total. The summed E-state index contributed by atoms with van der Waals surface area (Å²) in [6.45, 7) is 5.75. The summed E-state index contributed by atoms with van der Waals surface area (Å²) in [5, 5.41) is 3.28. The predicted molar refractivity (Wildman–Crippen MR) is 76.4 cm³/mol. The molecule has 0 bridgehead atoms. The average Bonchev–Trinajstić information content (AvgIpc) is 2.26. The second-order valence-electron chi connectivity index (χ2n) is 4.44. The number of benzene rings is 1. The highest BCUT2D eigenvalue weighted by molar-refractivity contribution is 6.32. The first-order valence-electron chi connectivity index (χ1n) is 5.84. The zero-order valence-electron chi connectivity index (χ0n) is 11.0. The number of halogens is 1. The molecule has 2 aromatic rings. The van der Waals surface area contributed by atoms with Crippen molar-refractivity contribution in [1.82, 2.24) is 9.97 Å². The lowest BCUT2D eigenvalue weighted by atomic mass is 10.1. The molecule has 0 aliphatic rings. The smallest absolute Gasteiger partial charge is 0.156 e. The minimum Gasteiger partial charge on any atom is -0.339 e. The highest BCUT2D eigenvalue weighted by atomic mass is 35.5. The zero-order valence-corrected chi connectivity index (χ0v) is 11.7. The first-order chi connectivity index (χ1) is 8.99. The lowest BCUT2D eigenvalue weighted by molar-refractivity contribution is 0.112. The Hall–Kier alpha value is -1.94. The molecule has 1 heterocycles. The fourth-order valence-electron chi connectivity index (χ4n) is 1.93. The quantitative estimate of drug-likeness (QED) is 0.687. The van der Waals surface area contributed by atoms with Gasteiger partial charge in [-0.1, -0.05) is 17.7 Å². The second-order valence-corrected chi connectivity index (χ2v) is 4.80. The predicted octanol–water partition coefficient (Wildman–Crippen LogP) is 3.61. The molecular weight excluding hydrogens is 262 g/mol. The van der Waals surface area contributed by atoms with Gasteiger partial charge in [-0.25, -0.2) is 9.97 Å². The third kappa shape index (κ3) is 3.09. The highest BCUT2D eigenvalue weighted by Crippen LogP contribution is 2.24. The number of aldehydes is 1. The molecule has 0 saturated heterocycles. The zero-order chi connectivity index (χ0) is 14.0. The van der Waals surface area contributed by atoms with Gasteiger partial charge in [-0.15, -0.1) is 0 Å². The number of carbonyl (C=O) groups is 1. The summed E-state index contributed by atoms with van der Waals surface area (Å²) in [7, 11) is 0. The molecule has 1 aromatic carbocycles. The van der Waals surface area contributed by atoms with Crippen LogP contribution in [0.5, 0.6) is 0 Å². The van der Waals surface area contributed by atoms with Crippen LogP contribution in [0.15, 0.2) is 18.2 Å². The molecule has 1 aromatic heterocycles. The van der Waals surface area contributed by atoms with Crippen molar-refractivity contribution in [2.24, 2.45) is 0 Å². The molecule has 0 spiro atoms. The van der Waals surface area contributed by atoms with Gasteiger partial charge in [0.15, 0.2) is 6.29 Å². The van der Waals surface area contributed by atoms with Gasteiger partial charge in [0.2, 0.25) is 0 Å². The van der Waals surface area contributed by atoms with Gasteiger partial charge in [-0.05, 0) is 44.0 Å². The van der Waals surface area contributed by atoms with Crippen LogP contribution in [0.1, 0.15) is 27.3 Å². The molecule has 1 N–H and O–H groups in total. The van der Waals surface area contributed by atoms with Gasteiger partial charge in [0, 0.05) is 5.69 Å². The summed E-state index contributed by atoms with van der Waals surface area (Å²) in [5.74, 6) is 0.944. The number of hydrogen-bond donors (Lipinski definition) is 1. The van der Waals surface area contributed by atoms with E-state index in [4.69, 9.17) is 11.6 Å². The largest absolute Gasteiger partial charge is 0.339 e. The third-order valence-corrected chi connectivity index (χ3v) is 2.90. The number of anilines is 2. The van der Waals surface area contributed by atoms with E-state index >= 15 is 0 Å². The average molecular weight is 276 g/mol. The van der Waals surface area contributed by atoms with Crippen molar-refractivity contribution in [3.05, 3.63) is 45.9 Å². The van der Waals surface area contributed by atoms with E-state index in [1.54, 1.807) is 6.92 Å². The molecule has 19 heavy (non-hydrogen) atoms. The van der Waals surface area contributed by atoms with Crippen molar-refractivity contribution >= 4 is 29.4 Å². The molecule has 0 radical (unpaired) electrons. The van der Waals surface area contributed by atoms with E-state index in [2.05, 4.69) is 21.4 Å². The van der Waals surface area contributed by atoms with Gasteiger partial charge in [0.1, 0.15) is 16.8 Å². The minimum absolute atomic E-state index is 0.161. The molecule has 5 heteroatoms. The lowest BCUT2D eigenvalue weighted by Gasteiger charge is -2.11. The van der Waals surface area contributed by atoms with Crippen molar-refractivity contribution in [3.63, 3.8) is 0 Å². The summed E-state index contributed by atoms with van der Waals surface area (Å²) in [5.41, 5.74) is 3.40. The minimum atomic E-state index is 0.161. The number of rotatable bonds is 3. The van der Waals surface area contributed by atoms with Crippen LogP contribution in [0.2, 0.25) is 5.15 Å². The van der Waals surface area contributed by atoms with Gasteiger partial charge in [0.25, 0.3) is 0 Å². The number of aryl methyl sites for hydroxylation is 3. The van der Waals surface area contributed by atoms with Crippen LogP contribution in [-0.4, -0.2) is 16.3 Å². The SMILES string of the molecule is Cc1cc(C)cc(Nc2nc(C)nc(Cl)c2C=O)c1. The van der Waals surface area contributed by atoms with Crippen LogP contribution in [0.3, 0.4) is 0 Å². The van der Waals surface area contributed by atoms with E-state index in [0.29, 0.717) is 17.9 Å². The van der Waals surface area contributed by atoms with Crippen molar-refractivity contribution < 1.29 is 4.79 Å². The Kier molecular flexibility index (Phi) is 3.81. The number of carbonyl (C=O) groups excluding carboxylic acids is 1. The van der Waals surface area contributed by atoms with Crippen molar-refractivity contribution in [1.29, 1.82) is 0 Å². The van der Waals surface area contributed by atoms with Gasteiger partial charge in [-0.2, -0.15) is 0 Å². The maximum absolute atomic E-state index is 11.1. The van der Waals surface area contributed by atoms with E-state index in [-0.39, 0.29) is 10.7 Å². The van der Waals surface area contributed by atoms with E-state index < -0.39 is 0 Å². The van der Waals surface area contributed by atoms with Crippen LogP contribution in [0.4, 0.5) is 11.5 Å². The molecule has 0 unspecified atom stereocenters. The number of hydrogen-bond acceptors (Lipinski definition) is 4. The summed E-state index contributed by atoms with van der Waals surface area (Å²) >= 11 is 5.94. The number of nitrogens with one attached hydrogen (secondary N) is 1. The van der Waals surface area contributed by atoms with Crippen LogP contribution in [0.25, 0.3) is 0 Å². The molecule has 0 aliphatic heterocycles. The summed E-state index contributed by atoms with van der Waals surface area (Å²) in [6.07, 6.45) is 0.659. The number of nitrogens with zero attached hydrogens (tertiary/aromatic N) is 2. The normalized spacial score (nSPS) is 10.3. The van der Waals surface area contributed by atoms with Crippen LogP contribution in [-0.2, 0) is 0 Å². The van der Waals surface area contributed by atoms with Gasteiger partial charge >= 0.3 is 0 Å². The standard InChI is InChI=1S/C14H14ClN3O/c1-8-4-9(2)6-11(5-8)18-14-12(7-19)13(15)16-10(3)17-14/h4-7H,1-3H3,(H,16,17,18). The lowest BCUT2D eigenvalue weighted by Crippen LogP contribution is -2.03. The van der Waals surface area contributed by atoms with Gasteiger partial charge < -0.3 is 5.32 Å². The van der Waals surface area contributed by atoms with E-state index in [1.165, 1.54) is 0 Å². The summed E-state index contributed by atoms with van der Waals surface area (Å²) < 4.78 is 0. The molecule has 2 rings (SSSR count). The van der Waals surface area contributed by atoms with Gasteiger partial charge in [-0.3, -0.25) is 4.79 Å². The topological polar surface area (TPSA) is 54.9 Å². The maximum Gasteiger partial charge on any atom is 0.156 e. The fourth-order valence-corrected chi connectivity index (χ4v) is 2.19. The van der Waals surface area contributed by atoms with Crippen molar-refractivity contribution in [2.75, 3.05) is 5.32 Å². The first kappa shape index (κ1) is 13.5. The van der Waals surface area contributed by atoms with Crippen molar-refractivity contribution in [3.8, 4) is 0 Å². The Balaban J connectivity index is 2.45. The fraction of sp³-hybridized carbons (Fsp3) is 0.214. The molecule has 0 fully saturated rings. The van der Waals surface area contributed by atoms with Crippen LogP contribution in [0, 0.1) is 20.8 Å². The Bertz CT molecular complexity index is 621. The van der Waals surface area contributed by atoms with Gasteiger partial charge in [0.05, 0.1) is 5.56 Å². The number of aromatic nitrogens is 2. The summed E-state index contributed by atoms with van der Waals surface area (Å²) in [6, 6.07) is 6.03. The molecule has 98 valence electrons. The molecule has 0 amide bonds. The second kappa shape index (κ2) is 5.36. The molecule has 0 aliphatic carbocycles. The van der Waals surface area contributed by atoms with E-state index in [0.717, 1.165) is 16.8 Å². The third-order valence-electron chi connectivity index (χ3n) is 2.61. The van der Waals surface area contributed by atoms with Crippen LogP contribution < -0.4 is 5.32 Å². The first-order valence-corrected chi connectivity index (χ1v) is 6.22. The monoisotopic (exact) mass is 275 g/mol. The summed E-state index contributed by atoms with van der Waals surface area (Å²) in [4.78, 5) is 19.3. The van der Waals surface area contributed by atoms with Crippen molar-refractivity contribution in [2.45, 2.75) is 20.8 Å². The van der Waals surface area contributed by atoms with E-state index in [9.17, 15) is 4.79 Å². The molecule has 0 saturated carbocycles. The van der Waals surface area contributed by atoms with E-state index in [1.807, 2.05) is 26.0 Å². The van der Waals surface area contributed by atoms with Crippen LogP contribution >= 0.6 is 11.6 Å². The Morgan fingerprint density at radius 2 is 1.74 bits per heavy atom. The Morgan fingerprint density at radius 1 is 1.11 bits per heavy atom. The molecule has 0 atom stereocenters.